The number of ether oxygens (including phenoxy) is 1. The zero-order valence-electron chi connectivity index (χ0n) is 11.8. The van der Waals surface area contributed by atoms with Crippen LogP contribution in [0.15, 0.2) is 52.0 Å². The van der Waals surface area contributed by atoms with Crippen molar-refractivity contribution in [3.8, 4) is 5.75 Å². The molecule has 5 heteroatoms. The molecule has 0 fully saturated rings. The lowest BCUT2D eigenvalue weighted by atomic mass is 10.1. The van der Waals surface area contributed by atoms with Crippen molar-refractivity contribution in [3.63, 3.8) is 0 Å². The summed E-state index contributed by atoms with van der Waals surface area (Å²) >= 11 is 3.33. The molecule has 0 heterocycles. The van der Waals surface area contributed by atoms with E-state index in [1.807, 2.05) is 37.3 Å². The van der Waals surface area contributed by atoms with Crippen LogP contribution in [0, 0.1) is 6.92 Å². The van der Waals surface area contributed by atoms with Crippen molar-refractivity contribution in [1.29, 1.82) is 0 Å². The molecule has 2 aromatic rings. The van der Waals surface area contributed by atoms with Crippen LogP contribution in [0.1, 0.15) is 21.5 Å². The Kier molecular flexibility index (Phi) is 5.11. The zero-order valence-corrected chi connectivity index (χ0v) is 13.3. The van der Waals surface area contributed by atoms with Gasteiger partial charge in [0.05, 0.1) is 18.9 Å². The van der Waals surface area contributed by atoms with Crippen molar-refractivity contribution in [3.05, 3.63) is 63.6 Å². The number of rotatable bonds is 4. The van der Waals surface area contributed by atoms with E-state index in [0.717, 1.165) is 15.6 Å². The molecule has 2 aromatic carbocycles. The van der Waals surface area contributed by atoms with Crippen molar-refractivity contribution < 1.29 is 9.53 Å². The number of hydrogen-bond donors (Lipinski definition) is 1. The number of carbonyl (C=O) groups excluding carboxylic acids is 1. The summed E-state index contributed by atoms with van der Waals surface area (Å²) in [6.45, 7) is 1.99. The molecule has 1 amide bonds. The van der Waals surface area contributed by atoms with Gasteiger partial charge in [-0.3, -0.25) is 4.79 Å². The Bertz CT molecular complexity index is 684. The normalized spacial score (nSPS) is 10.6. The average Bonchev–Trinajstić information content (AvgIpc) is 2.49. The molecule has 4 nitrogen and oxygen atoms in total. The van der Waals surface area contributed by atoms with Crippen LogP contribution in [0.4, 0.5) is 0 Å². The average molecular weight is 347 g/mol. The molecule has 21 heavy (non-hydrogen) atoms. The third-order valence-electron chi connectivity index (χ3n) is 2.96. The summed E-state index contributed by atoms with van der Waals surface area (Å²) in [6.07, 6.45) is 1.62. The highest BCUT2D eigenvalue weighted by molar-refractivity contribution is 9.10. The van der Waals surface area contributed by atoms with Crippen LogP contribution >= 0.6 is 15.9 Å². The lowest BCUT2D eigenvalue weighted by Gasteiger charge is -2.07. The number of nitrogens with zero attached hydrogens (tertiary/aromatic N) is 1. The van der Waals surface area contributed by atoms with E-state index in [2.05, 4.69) is 26.5 Å². The summed E-state index contributed by atoms with van der Waals surface area (Å²) in [7, 11) is 1.52. The second-order valence-corrected chi connectivity index (χ2v) is 5.32. The Morgan fingerprint density at radius 3 is 2.76 bits per heavy atom. The predicted molar refractivity (Wildman–Crippen MR) is 86.9 cm³/mol. The lowest BCUT2D eigenvalue weighted by Crippen LogP contribution is -2.18. The maximum Gasteiger partial charge on any atom is 0.275 e. The summed E-state index contributed by atoms with van der Waals surface area (Å²) < 4.78 is 5.97. The quantitative estimate of drug-likeness (QED) is 0.680. The third-order valence-corrected chi connectivity index (χ3v) is 3.46. The molecule has 2 rings (SSSR count). The molecule has 0 aliphatic rings. The minimum Gasteiger partial charge on any atom is -0.496 e. The van der Waals surface area contributed by atoms with Crippen LogP contribution in [0.2, 0.25) is 0 Å². The minimum absolute atomic E-state index is 0.321. The predicted octanol–water partition coefficient (Wildman–Crippen LogP) is 3.53. The molecular formula is C16H15BrN2O2. The Morgan fingerprint density at radius 1 is 1.29 bits per heavy atom. The van der Waals surface area contributed by atoms with Gasteiger partial charge in [-0.15, -0.1) is 0 Å². The van der Waals surface area contributed by atoms with E-state index in [9.17, 15) is 4.79 Å². The highest BCUT2D eigenvalue weighted by Gasteiger charge is 2.11. The third kappa shape index (κ3) is 3.92. The molecule has 0 saturated carbocycles. The minimum atomic E-state index is -0.321. The molecule has 0 saturated heterocycles. The van der Waals surface area contributed by atoms with Gasteiger partial charge in [-0.05, 0) is 36.2 Å². The number of nitrogens with one attached hydrogen (secondary N) is 1. The molecule has 0 aliphatic heterocycles. The van der Waals surface area contributed by atoms with Crippen molar-refractivity contribution in [2.24, 2.45) is 5.10 Å². The molecular weight excluding hydrogens is 332 g/mol. The number of halogens is 1. The highest BCUT2D eigenvalue weighted by atomic mass is 79.9. The Balaban J connectivity index is 2.12. The Labute approximate surface area is 132 Å². The number of benzene rings is 2. The fraction of sp³-hybridized carbons (Fsp3) is 0.125. The summed E-state index contributed by atoms with van der Waals surface area (Å²) in [4.78, 5) is 12.1. The van der Waals surface area contributed by atoms with Gasteiger partial charge >= 0.3 is 0 Å². The second-order valence-electron chi connectivity index (χ2n) is 4.40. The van der Waals surface area contributed by atoms with Crippen LogP contribution < -0.4 is 10.2 Å². The number of hydrazone groups is 1. The topological polar surface area (TPSA) is 50.7 Å². The SMILES string of the molecule is COc1ccc(Br)cc1C(=O)N/N=C/c1ccccc1C. The van der Waals surface area contributed by atoms with Gasteiger partial charge < -0.3 is 4.74 Å². The van der Waals surface area contributed by atoms with Crippen molar-refractivity contribution in [2.75, 3.05) is 7.11 Å². The fourth-order valence-corrected chi connectivity index (χ4v) is 2.17. The first-order valence-corrected chi connectivity index (χ1v) is 7.13. The van der Waals surface area contributed by atoms with Gasteiger partial charge in [0.1, 0.15) is 5.75 Å². The van der Waals surface area contributed by atoms with E-state index in [1.165, 1.54) is 7.11 Å². The second kappa shape index (κ2) is 7.04. The van der Waals surface area contributed by atoms with Crippen LogP contribution in [0.25, 0.3) is 0 Å². The van der Waals surface area contributed by atoms with E-state index < -0.39 is 0 Å². The smallest absolute Gasteiger partial charge is 0.275 e. The first-order valence-electron chi connectivity index (χ1n) is 6.34. The van der Waals surface area contributed by atoms with Gasteiger partial charge in [-0.25, -0.2) is 5.43 Å². The molecule has 0 radical (unpaired) electrons. The number of aryl methyl sites for hydroxylation is 1. The van der Waals surface area contributed by atoms with E-state index >= 15 is 0 Å². The van der Waals surface area contributed by atoms with Gasteiger partial charge in [0.15, 0.2) is 0 Å². The summed E-state index contributed by atoms with van der Waals surface area (Å²) in [5.41, 5.74) is 4.98. The highest BCUT2D eigenvalue weighted by Crippen LogP contribution is 2.22. The van der Waals surface area contributed by atoms with E-state index in [0.29, 0.717) is 11.3 Å². The van der Waals surface area contributed by atoms with Gasteiger partial charge in [0.2, 0.25) is 0 Å². The van der Waals surface area contributed by atoms with Crippen molar-refractivity contribution >= 4 is 28.1 Å². The monoisotopic (exact) mass is 346 g/mol. The van der Waals surface area contributed by atoms with E-state index in [-0.39, 0.29) is 5.91 Å². The molecule has 0 aliphatic carbocycles. The standard InChI is InChI=1S/C16H15BrN2O2/c1-11-5-3-4-6-12(11)10-18-19-16(20)14-9-13(17)7-8-15(14)21-2/h3-10H,1-2H3,(H,19,20)/b18-10+. The molecule has 0 bridgehead atoms. The number of hydrogen-bond acceptors (Lipinski definition) is 3. The first kappa shape index (κ1) is 15.3. The maximum absolute atomic E-state index is 12.1. The van der Waals surface area contributed by atoms with Crippen LogP contribution in [0.3, 0.4) is 0 Å². The molecule has 1 N–H and O–H groups in total. The Hall–Kier alpha value is -2.14. The zero-order chi connectivity index (χ0) is 15.2. The van der Waals surface area contributed by atoms with E-state index in [1.54, 1.807) is 18.3 Å². The van der Waals surface area contributed by atoms with Gasteiger partial charge in [-0.2, -0.15) is 5.10 Å². The van der Waals surface area contributed by atoms with Crippen LogP contribution in [-0.4, -0.2) is 19.2 Å². The maximum atomic E-state index is 12.1. The number of amides is 1. The first-order chi connectivity index (χ1) is 10.1. The molecule has 0 aromatic heterocycles. The fourth-order valence-electron chi connectivity index (χ4n) is 1.81. The van der Waals surface area contributed by atoms with Gasteiger partial charge in [-0.1, -0.05) is 40.2 Å². The summed E-state index contributed by atoms with van der Waals surface area (Å²) in [5.74, 6) is 0.180. The number of carbonyl (C=O) groups is 1. The Morgan fingerprint density at radius 2 is 2.05 bits per heavy atom. The number of methoxy groups -OCH3 is 1. The van der Waals surface area contributed by atoms with Crippen molar-refractivity contribution in [1.82, 2.24) is 5.43 Å². The summed E-state index contributed by atoms with van der Waals surface area (Å²) in [5, 5.41) is 3.99. The van der Waals surface area contributed by atoms with Gasteiger partial charge in [0.25, 0.3) is 5.91 Å². The van der Waals surface area contributed by atoms with E-state index in [4.69, 9.17) is 4.74 Å². The lowest BCUT2D eigenvalue weighted by molar-refractivity contribution is 0.0952. The van der Waals surface area contributed by atoms with Gasteiger partial charge in [0, 0.05) is 4.47 Å². The summed E-state index contributed by atoms with van der Waals surface area (Å²) in [6, 6.07) is 13.0. The molecule has 0 spiro atoms. The van der Waals surface area contributed by atoms with Crippen molar-refractivity contribution in [2.45, 2.75) is 6.92 Å². The molecule has 0 atom stereocenters. The molecule has 108 valence electrons. The van der Waals surface area contributed by atoms with Crippen LogP contribution in [-0.2, 0) is 0 Å². The molecule has 0 unspecified atom stereocenters. The largest absolute Gasteiger partial charge is 0.496 e. The van der Waals surface area contributed by atoms with Crippen LogP contribution in [0.5, 0.6) is 5.75 Å².